The SMILES string of the molecule is C.C.COc1ccc2nccc(N3CCC(C(C)CNS(=O)(=O)CC(=O)OC(C)(C)C)CC3)c2c1.COc1ccc2nccc(N3CCC(C(C)CNS(N)(=O)=O)CC3)c2c1.Cl. The second-order valence-electron chi connectivity index (χ2n) is 16.6. The summed E-state index contributed by atoms with van der Waals surface area (Å²) >= 11 is 0. The Kier molecular flexibility index (Phi) is 20.6. The van der Waals surface area contributed by atoms with E-state index in [0.717, 1.165) is 90.9 Å². The van der Waals surface area contributed by atoms with Gasteiger partial charge in [0.25, 0.3) is 10.2 Å². The Bertz CT molecular complexity index is 2260. The Balaban J connectivity index is 0.000000417. The number of carbonyl (C=O) groups is 1. The van der Waals surface area contributed by atoms with Crippen LogP contribution < -0.4 is 33.9 Å². The van der Waals surface area contributed by atoms with Crippen molar-refractivity contribution in [2.45, 2.75) is 80.8 Å². The minimum atomic E-state index is -3.73. The standard InChI is InChI=1S/C24H35N3O5S.C18H26N4O3S.2CH4.ClH/c1-17(15-26-33(29,30)16-23(28)32-24(2,3)4)18-9-12-27(13-10-18)22-8-11-25-21-7-6-19(31-5)14-20(21)22;1-13(12-21-26(19,23)24)14-6-9-22(10-7-14)18-5-8-20-17-4-3-15(25-2)11-16(17)18;;;/h6-8,11,14,17-18,26H,9-10,12-13,15-16H2,1-5H3;3-5,8,11,13-14,21H,6-7,9-10,12H2,1-2H3,(H2,19,23,24);2*1H4;1H. The van der Waals surface area contributed by atoms with Crippen molar-refractivity contribution in [2.75, 3.05) is 69.0 Å². The zero-order valence-corrected chi connectivity index (χ0v) is 38.2. The molecule has 2 unspecified atom stereocenters. The molecule has 4 heterocycles. The first-order chi connectivity index (χ1) is 27.8. The van der Waals surface area contributed by atoms with Gasteiger partial charge in [-0.1, -0.05) is 28.7 Å². The number of piperidine rings is 2. The highest BCUT2D eigenvalue weighted by molar-refractivity contribution is 7.90. The molecule has 2 atom stereocenters. The largest absolute Gasteiger partial charge is 0.497 e. The molecule has 6 rings (SSSR count). The average molecular weight is 925 g/mol. The summed E-state index contributed by atoms with van der Waals surface area (Å²) in [5.41, 5.74) is 3.49. The van der Waals surface area contributed by atoms with Crippen molar-refractivity contribution in [3.63, 3.8) is 0 Å². The van der Waals surface area contributed by atoms with E-state index in [1.165, 1.54) is 5.69 Å². The number of aromatic nitrogens is 2. The second-order valence-corrected chi connectivity index (χ2v) is 19.8. The molecule has 2 saturated heterocycles. The van der Waals surface area contributed by atoms with E-state index in [4.69, 9.17) is 19.3 Å². The van der Waals surface area contributed by atoms with E-state index in [1.807, 2.05) is 60.9 Å². The van der Waals surface area contributed by atoms with Crippen LogP contribution in [-0.4, -0.2) is 97.6 Å². The Morgan fingerprint density at radius 2 is 1.15 bits per heavy atom. The van der Waals surface area contributed by atoms with Gasteiger partial charge in [0.1, 0.15) is 17.1 Å². The summed E-state index contributed by atoms with van der Waals surface area (Å²) in [6.45, 7) is 13.6. The van der Waals surface area contributed by atoms with Crippen LogP contribution in [0.15, 0.2) is 60.9 Å². The number of methoxy groups -OCH3 is 2. The van der Waals surface area contributed by atoms with E-state index >= 15 is 0 Å². The molecule has 2 aliphatic rings. The maximum atomic E-state index is 12.3. The predicted molar refractivity (Wildman–Crippen MR) is 254 cm³/mol. The Morgan fingerprint density at radius 1 is 0.742 bits per heavy atom. The number of nitrogens with two attached hydrogens (primary N) is 1. The predicted octanol–water partition coefficient (Wildman–Crippen LogP) is 6.94. The van der Waals surface area contributed by atoms with E-state index < -0.39 is 37.6 Å². The molecule has 2 aromatic carbocycles. The number of hydrogen-bond acceptors (Lipinski definition) is 12. The number of nitrogens with zero attached hydrogens (tertiary/aromatic N) is 4. The van der Waals surface area contributed by atoms with E-state index in [9.17, 15) is 21.6 Å². The van der Waals surface area contributed by atoms with Crippen molar-refractivity contribution in [3.8, 4) is 11.5 Å². The lowest BCUT2D eigenvalue weighted by molar-refractivity contribution is -0.151. The molecule has 4 aromatic rings. The van der Waals surface area contributed by atoms with Crippen LogP contribution in [0.2, 0.25) is 0 Å². The quantitative estimate of drug-likeness (QED) is 0.111. The van der Waals surface area contributed by atoms with Gasteiger partial charge in [0.05, 0.1) is 25.3 Å². The van der Waals surface area contributed by atoms with E-state index in [1.54, 1.807) is 35.0 Å². The number of hydrogen-bond donors (Lipinski definition) is 3. The lowest BCUT2D eigenvalue weighted by atomic mass is 9.85. The molecule has 4 N–H and O–H groups in total. The van der Waals surface area contributed by atoms with Crippen LogP contribution in [0.5, 0.6) is 11.5 Å². The molecule has 0 radical (unpaired) electrons. The summed E-state index contributed by atoms with van der Waals surface area (Å²) < 4.78 is 67.6. The third-order valence-corrected chi connectivity index (χ3v) is 13.0. The molecule has 62 heavy (non-hydrogen) atoms. The maximum absolute atomic E-state index is 12.3. The number of sulfonamides is 1. The normalized spacial score (nSPS) is 16.1. The molecule has 2 aliphatic heterocycles. The first kappa shape index (κ1) is 54.1. The van der Waals surface area contributed by atoms with Crippen LogP contribution in [-0.2, 0) is 29.8 Å². The van der Waals surface area contributed by atoms with Crippen molar-refractivity contribution in [3.05, 3.63) is 60.9 Å². The molecule has 15 nitrogen and oxygen atoms in total. The van der Waals surface area contributed by atoms with E-state index in [0.29, 0.717) is 24.9 Å². The Morgan fingerprint density at radius 3 is 1.52 bits per heavy atom. The van der Waals surface area contributed by atoms with E-state index in [-0.39, 0.29) is 39.1 Å². The summed E-state index contributed by atoms with van der Waals surface area (Å²) in [6, 6.07) is 15.9. The second kappa shape index (κ2) is 23.6. The van der Waals surface area contributed by atoms with Crippen LogP contribution in [0.1, 0.15) is 75.2 Å². The molecular formula is C44H70ClN7O8S2. The van der Waals surface area contributed by atoms with Gasteiger partial charge in [0.2, 0.25) is 10.0 Å². The maximum Gasteiger partial charge on any atom is 0.323 e. The van der Waals surface area contributed by atoms with Crippen LogP contribution in [0.3, 0.4) is 0 Å². The number of halogens is 1. The molecule has 0 amide bonds. The fraction of sp³-hybridized carbons (Fsp3) is 0.568. The molecule has 18 heteroatoms. The number of fused-ring (bicyclic) bond motifs is 2. The average Bonchev–Trinajstić information content (AvgIpc) is 3.20. The fourth-order valence-electron chi connectivity index (χ4n) is 7.86. The molecule has 0 spiro atoms. The Labute approximate surface area is 376 Å². The first-order valence-corrected chi connectivity index (χ1v) is 23.4. The minimum Gasteiger partial charge on any atom is -0.497 e. The van der Waals surface area contributed by atoms with Gasteiger partial charge in [-0.05, 0) is 119 Å². The monoisotopic (exact) mass is 923 g/mol. The summed E-state index contributed by atoms with van der Waals surface area (Å²) in [7, 11) is -4.02. The smallest absolute Gasteiger partial charge is 0.323 e. The summed E-state index contributed by atoms with van der Waals surface area (Å²) in [6.07, 6.45) is 7.63. The van der Waals surface area contributed by atoms with Crippen molar-refractivity contribution in [2.24, 2.45) is 28.8 Å². The van der Waals surface area contributed by atoms with Crippen molar-refractivity contribution in [1.29, 1.82) is 0 Å². The minimum absolute atomic E-state index is 0. The first-order valence-electron chi connectivity index (χ1n) is 20.2. The van der Waals surface area contributed by atoms with Gasteiger partial charge in [-0.3, -0.25) is 14.8 Å². The van der Waals surface area contributed by atoms with Crippen molar-refractivity contribution in [1.82, 2.24) is 19.4 Å². The highest BCUT2D eigenvalue weighted by atomic mass is 35.5. The van der Waals surface area contributed by atoms with Gasteiger partial charge in [0, 0.05) is 73.8 Å². The molecule has 0 aliphatic carbocycles. The van der Waals surface area contributed by atoms with Gasteiger partial charge < -0.3 is 24.0 Å². The number of benzene rings is 2. The number of carbonyl (C=O) groups excluding carboxylic acids is 1. The molecule has 0 bridgehead atoms. The summed E-state index contributed by atoms with van der Waals surface area (Å²) in [4.78, 5) is 25.5. The molecule has 2 aromatic heterocycles. The van der Waals surface area contributed by atoms with Gasteiger partial charge >= 0.3 is 5.97 Å². The van der Waals surface area contributed by atoms with E-state index in [2.05, 4.69) is 43.1 Å². The topological polar surface area (TPSA) is 195 Å². The molecule has 348 valence electrons. The van der Waals surface area contributed by atoms with Crippen LogP contribution in [0.25, 0.3) is 21.8 Å². The summed E-state index contributed by atoms with van der Waals surface area (Å²) in [5, 5.41) is 7.18. The third-order valence-electron chi connectivity index (χ3n) is 11.2. The molecule has 2 fully saturated rings. The number of rotatable bonds is 14. The Hall–Kier alpha value is -4.00. The third kappa shape index (κ3) is 15.7. The number of esters is 1. The fourth-order valence-corrected chi connectivity index (χ4v) is 9.35. The number of nitrogens with one attached hydrogen (secondary N) is 2. The summed E-state index contributed by atoms with van der Waals surface area (Å²) in [5.74, 6) is 1.52. The zero-order valence-electron chi connectivity index (χ0n) is 35.7. The lowest BCUT2D eigenvalue weighted by Crippen LogP contribution is -2.40. The number of ether oxygens (including phenoxy) is 3. The molecule has 0 saturated carbocycles. The zero-order chi connectivity index (χ0) is 43.0. The van der Waals surface area contributed by atoms with Crippen LogP contribution in [0, 0.1) is 23.7 Å². The number of anilines is 2. The van der Waals surface area contributed by atoms with Crippen molar-refractivity contribution < 1.29 is 35.8 Å². The van der Waals surface area contributed by atoms with Crippen LogP contribution >= 0.6 is 12.4 Å². The highest BCUT2D eigenvalue weighted by Crippen LogP contribution is 2.35. The van der Waals surface area contributed by atoms with Gasteiger partial charge in [-0.2, -0.15) is 8.42 Å². The lowest BCUT2D eigenvalue weighted by Gasteiger charge is -2.36. The van der Waals surface area contributed by atoms with Gasteiger partial charge in [-0.25, -0.2) is 23.0 Å². The van der Waals surface area contributed by atoms with Gasteiger partial charge in [0.15, 0.2) is 5.75 Å². The highest BCUT2D eigenvalue weighted by Gasteiger charge is 2.28. The van der Waals surface area contributed by atoms with Gasteiger partial charge in [-0.15, -0.1) is 12.4 Å². The van der Waals surface area contributed by atoms with Crippen LogP contribution in [0.4, 0.5) is 11.4 Å². The molecular weight excluding hydrogens is 854 g/mol. The van der Waals surface area contributed by atoms with Crippen molar-refractivity contribution >= 4 is 71.8 Å². The number of pyridine rings is 2.